The summed E-state index contributed by atoms with van der Waals surface area (Å²) in [6, 6.07) is 16.4. The van der Waals surface area contributed by atoms with Gasteiger partial charge in [0.25, 0.3) is 0 Å². The van der Waals surface area contributed by atoms with Gasteiger partial charge in [0.05, 0.1) is 18.8 Å². The maximum absolute atomic E-state index is 13.3. The third-order valence-corrected chi connectivity index (χ3v) is 6.91. The van der Waals surface area contributed by atoms with Gasteiger partial charge in [-0.2, -0.15) is 0 Å². The van der Waals surface area contributed by atoms with Crippen LogP contribution in [0.1, 0.15) is 13.3 Å². The molecule has 6 heteroatoms. The highest BCUT2D eigenvalue weighted by atomic mass is 32.2. The number of thioether (sulfide) groups is 1. The van der Waals surface area contributed by atoms with Crippen molar-refractivity contribution >= 4 is 29.0 Å². The quantitative estimate of drug-likeness (QED) is 0.766. The van der Waals surface area contributed by atoms with Crippen molar-refractivity contribution in [1.29, 1.82) is 0 Å². The Morgan fingerprint density at radius 3 is 2.59 bits per heavy atom. The number of hydrogen-bond acceptors (Lipinski definition) is 5. The van der Waals surface area contributed by atoms with Gasteiger partial charge >= 0.3 is 0 Å². The zero-order valence-corrected chi connectivity index (χ0v) is 18.0. The summed E-state index contributed by atoms with van der Waals surface area (Å²) in [6.45, 7) is 6.63. The van der Waals surface area contributed by atoms with Gasteiger partial charge in [0.15, 0.2) is 0 Å². The van der Waals surface area contributed by atoms with E-state index in [9.17, 15) is 4.79 Å². The number of methoxy groups -OCH3 is 1. The highest BCUT2D eigenvalue weighted by molar-refractivity contribution is 7.99. The summed E-state index contributed by atoms with van der Waals surface area (Å²) in [5.74, 6) is 2.06. The number of ether oxygens (including phenoxy) is 1. The summed E-state index contributed by atoms with van der Waals surface area (Å²) in [5, 5.41) is 0. The molecule has 1 amide bonds. The molecule has 2 aliphatic heterocycles. The zero-order valence-electron chi connectivity index (χ0n) is 17.2. The molecule has 0 N–H and O–H groups in total. The first-order valence-corrected chi connectivity index (χ1v) is 11.3. The Morgan fingerprint density at radius 2 is 1.79 bits per heavy atom. The van der Waals surface area contributed by atoms with Gasteiger partial charge < -0.3 is 14.5 Å². The number of benzene rings is 2. The molecule has 5 nitrogen and oxygen atoms in total. The monoisotopic (exact) mass is 411 g/mol. The predicted octanol–water partition coefficient (Wildman–Crippen LogP) is 3.73. The molecule has 2 heterocycles. The van der Waals surface area contributed by atoms with Crippen molar-refractivity contribution in [3.63, 3.8) is 0 Å². The highest BCUT2D eigenvalue weighted by Crippen LogP contribution is 2.35. The first kappa shape index (κ1) is 20.1. The van der Waals surface area contributed by atoms with Crippen LogP contribution in [-0.2, 0) is 4.79 Å². The fourth-order valence-corrected chi connectivity index (χ4v) is 5.15. The average molecular weight is 412 g/mol. The van der Waals surface area contributed by atoms with Crippen molar-refractivity contribution in [2.45, 2.75) is 24.3 Å². The Bertz CT molecular complexity index is 842. The molecule has 2 aromatic rings. The number of para-hydroxylation sites is 1. The molecule has 0 saturated carbocycles. The molecule has 1 fully saturated rings. The smallest absolute Gasteiger partial charge is 0.244 e. The largest absolute Gasteiger partial charge is 0.497 e. The van der Waals surface area contributed by atoms with Gasteiger partial charge in [-0.05, 0) is 49.7 Å². The maximum atomic E-state index is 13.3. The van der Waals surface area contributed by atoms with E-state index in [1.54, 1.807) is 7.11 Å². The number of carbonyl (C=O) groups is 1. The van der Waals surface area contributed by atoms with Crippen LogP contribution in [0.2, 0.25) is 0 Å². The number of carbonyl (C=O) groups excluding carboxylic acids is 1. The van der Waals surface area contributed by atoms with Gasteiger partial charge in [-0.15, -0.1) is 11.8 Å². The summed E-state index contributed by atoms with van der Waals surface area (Å²) >= 11 is 1.84. The first-order valence-electron chi connectivity index (χ1n) is 10.3. The molecule has 2 aliphatic rings. The summed E-state index contributed by atoms with van der Waals surface area (Å²) in [5.41, 5.74) is 2.28. The molecule has 1 saturated heterocycles. The normalized spacial score (nSPS) is 18.7. The molecule has 4 rings (SSSR count). The summed E-state index contributed by atoms with van der Waals surface area (Å²) in [4.78, 5) is 21.3. The van der Waals surface area contributed by atoms with E-state index in [1.807, 2.05) is 40.9 Å². The third kappa shape index (κ3) is 4.38. The molecule has 1 atom stereocenters. The van der Waals surface area contributed by atoms with Crippen LogP contribution in [0.25, 0.3) is 0 Å². The topological polar surface area (TPSA) is 36.0 Å². The Hall–Kier alpha value is -2.18. The second kappa shape index (κ2) is 9.09. The third-order valence-electron chi connectivity index (χ3n) is 5.87. The van der Waals surface area contributed by atoms with E-state index in [0.717, 1.165) is 56.3 Å². The van der Waals surface area contributed by atoms with E-state index in [0.29, 0.717) is 0 Å². The highest BCUT2D eigenvalue weighted by Gasteiger charge is 2.30. The van der Waals surface area contributed by atoms with Crippen molar-refractivity contribution in [3.05, 3.63) is 48.5 Å². The second-order valence-electron chi connectivity index (χ2n) is 7.56. The molecule has 1 unspecified atom stereocenters. The van der Waals surface area contributed by atoms with Crippen molar-refractivity contribution in [2.24, 2.45) is 0 Å². The van der Waals surface area contributed by atoms with Gasteiger partial charge in [0.2, 0.25) is 5.91 Å². The number of anilines is 2. The van der Waals surface area contributed by atoms with E-state index in [4.69, 9.17) is 4.74 Å². The molecular formula is C23H29N3O2S. The van der Waals surface area contributed by atoms with E-state index in [1.165, 1.54) is 10.6 Å². The van der Waals surface area contributed by atoms with Crippen molar-refractivity contribution in [1.82, 2.24) is 4.90 Å². The lowest BCUT2D eigenvalue weighted by atomic mass is 10.2. The van der Waals surface area contributed by atoms with Crippen LogP contribution in [-0.4, -0.2) is 62.4 Å². The molecule has 2 aromatic carbocycles. The van der Waals surface area contributed by atoms with Gasteiger partial charge in [-0.3, -0.25) is 9.69 Å². The minimum Gasteiger partial charge on any atom is -0.497 e. The van der Waals surface area contributed by atoms with Gasteiger partial charge in [-0.1, -0.05) is 12.1 Å². The van der Waals surface area contributed by atoms with Gasteiger partial charge in [0, 0.05) is 49.1 Å². The number of nitrogens with zero attached hydrogens (tertiary/aromatic N) is 3. The Balaban J connectivity index is 1.42. The fraction of sp³-hybridized carbons (Fsp3) is 0.435. The van der Waals surface area contributed by atoms with Crippen LogP contribution in [0.15, 0.2) is 53.4 Å². The average Bonchev–Trinajstić information content (AvgIpc) is 3.04. The summed E-state index contributed by atoms with van der Waals surface area (Å²) in [7, 11) is 1.69. The maximum Gasteiger partial charge on any atom is 0.244 e. The van der Waals surface area contributed by atoms with Crippen molar-refractivity contribution in [2.75, 3.05) is 55.4 Å². The molecule has 0 bridgehead atoms. The predicted molar refractivity (Wildman–Crippen MR) is 120 cm³/mol. The summed E-state index contributed by atoms with van der Waals surface area (Å²) < 4.78 is 5.27. The van der Waals surface area contributed by atoms with Crippen LogP contribution >= 0.6 is 11.8 Å². The molecule has 0 spiro atoms. The molecular weight excluding hydrogens is 382 g/mol. The van der Waals surface area contributed by atoms with Gasteiger partial charge in [-0.25, -0.2) is 0 Å². The lowest BCUT2D eigenvalue weighted by Gasteiger charge is -2.35. The number of rotatable bonds is 4. The Morgan fingerprint density at radius 1 is 1.00 bits per heavy atom. The zero-order chi connectivity index (χ0) is 20.2. The molecule has 0 aromatic heterocycles. The van der Waals surface area contributed by atoms with E-state index in [-0.39, 0.29) is 11.9 Å². The standard InChI is InChI=1S/C23H29N3O2S/c1-18(23(27)26-16-17-29-22-7-4-3-6-21(22)26)24-12-5-13-25(15-14-24)19-8-10-20(28-2)11-9-19/h3-4,6-11,18H,5,12-17H2,1-2H3. The van der Waals surface area contributed by atoms with Crippen LogP contribution in [0, 0.1) is 0 Å². The number of hydrogen-bond donors (Lipinski definition) is 0. The number of fused-ring (bicyclic) bond motifs is 1. The first-order chi connectivity index (χ1) is 14.2. The van der Waals surface area contributed by atoms with Crippen LogP contribution in [0.4, 0.5) is 11.4 Å². The SMILES string of the molecule is COc1ccc(N2CCCN(C(C)C(=O)N3CCSc4ccccc43)CC2)cc1. The fourth-order valence-electron chi connectivity index (χ4n) is 4.16. The van der Waals surface area contributed by atoms with Crippen molar-refractivity contribution in [3.8, 4) is 5.75 Å². The molecule has 0 aliphatic carbocycles. The van der Waals surface area contributed by atoms with Crippen LogP contribution in [0.3, 0.4) is 0 Å². The number of amides is 1. The van der Waals surface area contributed by atoms with E-state index >= 15 is 0 Å². The lowest BCUT2D eigenvalue weighted by Crippen LogP contribution is -2.49. The van der Waals surface area contributed by atoms with Gasteiger partial charge in [0.1, 0.15) is 5.75 Å². The van der Waals surface area contributed by atoms with E-state index < -0.39 is 0 Å². The van der Waals surface area contributed by atoms with Crippen LogP contribution < -0.4 is 14.5 Å². The molecule has 29 heavy (non-hydrogen) atoms. The minimum absolute atomic E-state index is 0.109. The van der Waals surface area contributed by atoms with Crippen molar-refractivity contribution < 1.29 is 9.53 Å². The van der Waals surface area contributed by atoms with E-state index in [2.05, 4.69) is 41.0 Å². The minimum atomic E-state index is -0.109. The Labute approximate surface area is 177 Å². The lowest BCUT2D eigenvalue weighted by molar-refractivity contribution is -0.123. The molecule has 154 valence electrons. The summed E-state index contributed by atoms with van der Waals surface area (Å²) in [6.07, 6.45) is 1.05. The molecule has 0 radical (unpaired) electrons. The van der Waals surface area contributed by atoms with Crippen LogP contribution in [0.5, 0.6) is 5.75 Å². The second-order valence-corrected chi connectivity index (χ2v) is 8.69. The Kier molecular flexibility index (Phi) is 6.31.